The Morgan fingerprint density at radius 1 is 1.00 bits per heavy atom. The minimum atomic E-state index is -0.772. The molecule has 3 aromatic heterocycles. The van der Waals surface area contributed by atoms with E-state index >= 15 is 0 Å². The third-order valence-electron chi connectivity index (χ3n) is 7.97. The second-order valence-electron chi connectivity index (χ2n) is 11.3. The van der Waals surface area contributed by atoms with Crippen LogP contribution < -0.4 is 27.4 Å². The molecule has 250 valence electrons. The quantitative estimate of drug-likeness (QED) is 0.103. The topological polar surface area (TPSA) is 145 Å². The zero-order valence-corrected chi connectivity index (χ0v) is 28.6. The van der Waals surface area contributed by atoms with Crippen LogP contribution in [-0.2, 0) is 16.1 Å². The van der Waals surface area contributed by atoms with E-state index < -0.39 is 17.2 Å². The fourth-order valence-electron chi connectivity index (χ4n) is 5.52. The number of anilines is 2. The van der Waals surface area contributed by atoms with Gasteiger partial charge < -0.3 is 15.4 Å². The van der Waals surface area contributed by atoms with Crippen LogP contribution in [0.1, 0.15) is 17.5 Å². The molecular weight excluding hydrogens is 661 g/mol. The Hall–Kier alpha value is -5.24. The predicted octanol–water partition coefficient (Wildman–Crippen LogP) is 5.06. The number of nitrogens with one attached hydrogen (secondary N) is 1. The average molecular weight is 695 g/mol. The van der Waals surface area contributed by atoms with Crippen LogP contribution in [0, 0.1) is 6.92 Å². The first-order valence-corrected chi connectivity index (χ1v) is 17.3. The monoisotopic (exact) mass is 694 g/mol. The largest absolute Gasteiger partial charge is 0.385 e. The number of benzene rings is 3. The SMILES string of the molecule is COCCCN(C(=O)CSc1nc2sc(-c3ccccc3)cc2c(=O)n1-c1ccccc1C)c1c(N)n(Cc2ccccc2)c(=O)[nH]c1=O. The normalized spacial score (nSPS) is 11.2. The molecule has 0 saturated carbocycles. The Kier molecular flexibility index (Phi) is 10.2. The molecule has 6 rings (SSSR count). The van der Waals surface area contributed by atoms with Gasteiger partial charge in [0.2, 0.25) is 5.91 Å². The number of nitrogen functional groups attached to an aromatic ring is 1. The maximum atomic E-state index is 14.1. The van der Waals surface area contributed by atoms with Crippen LogP contribution in [0.4, 0.5) is 11.5 Å². The number of amides is 1. The van der Waals surface area contributed by atoms with E-state index in [1.165, 1.54) is 25.4 Å². The van der Waals surface area contributed by atoms with Gasteiger partial charge >= 0.3 is 5.69 Å². The van der Waals surface area contributed by atoms with Crippen molar-refractivity contribution in [3.63, 3.8) is 0 Å². The van der Waals surface area contributed by atoms with E-state index in [-0.39, 0.29) is 35.9 Å². The van der Waals surface area contributed by atoms with Crippen molar-refractivity contribution >= 4 is 50.7 Å². The summed E-state index contributed by atoms with van der Waals surface area (Å²) in [5, 5.41) is 0.804. The van der Waals surface area contributed by atoms with Gasteiger partial charge in [0.25, 0.3) is 11.1 Å². The summed E-state index contributed by atoms with van der Waals surface area (Å²) in [4.78, 5) is 64.3. The number of aromatic nitrogens is 4. The number of hydrogen-bond donors (Lipinski definition) is 2. The number of thioether (sulfide) groups is 1. The molecule has 49 heavy (non-hydrogen) atoms. The highest BCUT2D eigenvalue weighted by atomic mass is 32.2. The molecule has 0 bridgehead atoms. The second kappa shape index (κ2) is 14.9. The molecule has 0 unspecified atom stereocenters. The van der Waals surface area contributed by atoms with Crippen LogP contribution in [0.3, 0.4) is 0 Å². The number of nitrogens with two attached hydrogens (primary N) is 1. The lowest BCUT2D eigenvalue weighted by Gasteiger charge is -2.24. The number of aryl methyl sites for hydroxylation is 1. The van der Waals surface area contributed by atoms with Gasteiger partial charge in [-0.1, -0.05) is 90.6 Å². The summed E-state index contributed by atoms with van der Waals surface area (Å²) in [5.74, 6) is -0.758. The Labute approximate surface area is 289 Å². The van der Waals surface area contributed by atoms with Gasteiger partial charge in [-0.2, -0.15) is 0 Å². The van der Waals surface area contributed by atoms with Gasteiger partial charge in [0, 0.05) is 25.1 Å². The zero-order chi connectivity index (χ0) is 34.5. The van der Waals surface area contributed by atoms with Crippen molar-refractivity contribution < 1.29 is 9.53 Å². The summed E-state index contributed by atoms with van der Waals surface area (Å²) < 4.78 is 7.99. The average Bonchev–Trinajstić information content (AvgIpc) is 3.54. The number of nitrogens with zero attached hydrogens (tertiary/aromatic N) is 4. The van der Waals surface area contributed by atoms with Crippen molar-refractivity contribution in [1.82, 2.24) is 19.1 Å². The molecule has 0 atom stereocenters. The number of ether oxygens (including phenoxy) is 1. The second-order valence-corrected chi connectivity index (χ2v) is 13.2. The van der Waals surface area contributed by atoms with E-state index in [4.69, 9.17) is 15.5 Å². The highest BCUT2D eigenvalue weighted by Crippen LogP contribution is 2.33. The predicted molar refractivity (Wildman–Crippen MR) is 196 cm³/mol. The number of para-hydroxylation sites is 1. The molecule has 6 aromatic rings. The van der Waals surface area contributed by atoms with Gasteiger partial charge in [-0.3, -0.25) is 28.5 Å². The van der Waals surface area contributed by atoms with E-state index in [9.17, 15) is 19.2 Å². The summed E-state index contributed by atoms with van der Waals surface area (Å²) in [7, 11) is 1.55. The Balaban J connectivity index is 1.39. The number of rotatable bonds is 12. The van der Waals surface area contributed by atoms with Crippen molar-refractivity contribution in [2.24, 2.45) is 0 Å². The summed E-state index contributed by atoms with van der Waals surface area (Å²) >= 11 is 2.50. The van der Waals surface area contributed by atoms with Gasteiger partial charge in [-0.15, -0.1) is 11.3 Å². The smallest absolute Gasteiger partial charge is 0.330 e. The lowest BCUT2D eigenvalue weighted by atomic mass is 10.2. The van der Waals surface area contributed by atoms with Gasteiger partial charge in [-0.05, 0) is 42.2 Å². The lowest BCUT2D eigenvalue weighted by molar-refractivity contribution is -0.116. The Morgan fingerprint density at radius 3 is 2.41 bits per heavy atom. The fraction of sp³-hybridized carbons (Fsp3) is 0.194. The van der Waals surface area contributed by atoms with E-state index in [0.29, 0.717) is 34.1 Å². The Bertz CT molecular complexity index is 2300. The molecule has 0 radical (unpaired) electrons. The van der Waals surface area contributed by atoms with Crippen molar-refractivity contribution in [1.29, 1.82) is 0 Å². The first-order chi connectivity index (χ1) is 23.8. The van der Waals surface area contributed by atoms with Crippen molar-refractivity contribution in [3.05, 3.63) is 133 Å². The summed E-state index contributed by atoms with van der Waals surface area (Å²) in [6, 6.07) is 28.3. The highest BCUT2D eigenvalue weighted by Gasteiger charge is 2.26. The molecule has 0 aliphatic carbocycles. The maximum Gasteiger partial charge on any atom is 0.330 e. The number of methoxy groups -OCH3 is 1. The molecule has 0 aliphatic rings. The molecule has 0 spiro atoms. The van der Waals surface area contributed by atoms with Crippen LogP contribution in [0.5, 0.6) is 0 Å². The molecule has 0 saturated heterocycles. The van der Waals surface area contributed by atoms with Crippen molar-refractivity contribution in [2.45, 2.75) is 25.0 Å². The number of carbonyl (C=O) groups excluding carboxylic acids is 1. The van der Waals surface area contributed by atoms with Crippen LogP contribution in [0.2, 0.25) is 0 Å². The van der Waals surface area contributed by atoms with E-state index in [2.05, 4.69) is 4.98 Å². The van der Waals surface area contributed by atoms with Crippen LogP contribution in [-0.4, -0.2) is 51.0 Å². The number of aromatic amines is 1. The van der Waals surface area contributed by atoms with Crippen molar-refractivity contribution in [3.8, 4) is 16.1 Å². The summed E-state index contributed by atoms with van der Waals surface area (Å²) in [5.41, 5.74) is 7.93. The zero-order valence-electron chi connectivity index (χ0n) is 26.9. The molecule has 1 amide bonds. The maximum absolute atomic E-state index is 14.1. The molecule has 11 nitrogen and oxygen atoms in total. The summed E-state index contributed by atoms with van der Waals surface area (Å²) in [6.45, 7) is 2.44. The third kappa shape index (κ3) is 7.14. The van der Waals surface area contributed by atoms with Gasteiger partial charge in [0.1, 0.15) is 10.6 Å². The van der Waals surface area contributed by atoms with E-state index in [1.54, 1.807) is 7.11 Å². The van der Waals surface area contributed by atoms with Crippen LogP contribution in [0.25, 0.3) is 26.3 Å². The van der Waals surface area contributed by atoms with E-state index in [1.807, 2.05) is 97.9 Å². The standard InChI is InChI=1S/C36H34N6O5S2/c1-23-12-9-10-17-27(23)42-34(45)26-20-28(25-15-7-4-8-16-25)49-33(26)39-36(42)48-22-29(43)40(18-11-19-47-2)30-31(37)41(35(46)38-32(30)44)21-24-13-5-3-6-14-24/h3-10,12-17,20H,11,18-19,21-22,37H2,1-2H3,(H,38,44,46). The summed E-state index contributed by atoms with van der Waals surface area (Å²) in [6.07, 6.45) is 0.402. The number of H-pyrrole nitrogens is 1. The lowest BCUT2D eigenvalue weighted by Crippen LogP contribution is -2.42. The van der Waals surface area contributed by atoms with Gasteiger partial charge in [0.05, 0.1) is 23.4 Å². The first-order valence-electron chi connectivity index (χ1n) is 15.5. The third-order valence-corrected chi connectivity index (χ3v) is 9.97. The number of carbonyl (C=O) groups is 1. The van der Waals surface area contributed by atoms with Crippen LogP contribution in [0.15, 0.2) is 111 Å². The van der Waals surface area contributed by atoms with Crippen molar-refractivity contribution in [2.75, 3.05) is 36.6 Å². The molecule has 13 heteroatoms. The Morgan fingerprint density at radius 2 is 1.69 bits per heavy atom. The fourth-order valence-corrected chi connectivity index (χ4v) is 7.48. The molecule has 3 heterocycles. The molecule has 3 N–H and O–H groups in total. The van der Waals surface area contributed by atoms with E-state index in [0.717, 1.165) is 33.3 Å². The number of hydrogen-bond acceptors (Lipinski definition) is 9. The number of fused-ring (bicyclic) bond motifs is 1. The molecule has 0 aliphatic heterocycles. The van der Waals surface area contributed by atoms with Gasteiger partial charge in [0.15, 0.2) is 10.8 Å². The molecular formula is C36H34N6O5S2. The minimum absolute atomic E-state index is 0.0998. The molecule has 3 aromatic carbocycles. The first kappa shape index (κ1) is 33.7. The number of thiophene rings is 1. The molecule has 0 fully saturated rings. The highest BCUT2D eigenvalue weighted by molar-refractivity contribution is 7.99. The minimum Gasteiger partial charge on any atom is -0.385 e. The van der Waals surface area contributed by atoms with Gasteiger partial charge in [-0.25, -0.2) is 9.78 Å². The van der Waals surface area contributed by atoms with Crippen LogP contribution >= 0.6 is 23.1 Å².